The molecule has 8 heteroatoms. The van der Waals surface area contributed by atoms with E-state index in [4.69, 9.17) is 0 Å². The van der Waals surface area contributed by atoms with Crippen LogP contribution in [0.4, 0.5) is 18.9 Å². The molecule has 1 N–H and O–H groups in total. The number of carbonyl (C=O) groups is 1. The van der Waals surface area contributed by atoms with Crippen LogP contribution in [-0.4, -0.2) is 59.3 Å². The molecular weight excluding hydrogens is 395 g/mol. The molecule has 2 aliphatic heterocycles. The summed E-state index contributed by atoms with van der Waals surface area (Å²) in [5.74, 6) is 0.0894. The summed E-state index contributed by atoms with van der Waals surface area (Å²) < 4.78 is 40.2. The molecule has 2 saturated heterocycles. The van der Waals surface area contributed by atoms with Crippen LogP contribution in [0.15, 0.2) is 48.5 Å². The van der Waals surface area contributed by atoms with E-state index in [1.165, 1.54) is 24.3 Å². The van der Waals surface area contributed by atoms with Gasteiger partial charge in [-0.3, -0.25) is 9.69 Å². The maximum absolute atomic E-state index is 14.8. The molecule has 0 aliphatic carbocycles. The van der Waals surface area contributed by atoms with Crippen molar-refractivity contribution in [3.05, 3.63) is 59.7 Å². The molecule has 2 atom stereocenters. The van der Waals surface area contributed by atoms with E-state index in [-0.39, 0.29) is 29.8 Å². The zero-order valence-electron chi connectivity index (χ0n) is 16.4. The van der Waals surface area contributed by atoms with Gasteiger partial charge in [0.05, 0.1) is 6.04 Å². The van der Waals surface area contributed by atoms with Crippen molar-refractivity contribution >= 4 is 11.6 Å². The summed E-state index contributed by atoms with van der Waals surface area (Å²) in [7, 11) is 0. The Morgan fingerprint density at radius 2 is 1.70 bits per heavy atom. The molecule has 0 saturated carbocycles. The average molecular weight is 419 g/mol. The fraction of sp³-hybridized carbons (Fsp3) is 0.409. The van der Waals surface area contributed by atoms with Gasteiger partial charge in [0.1, 0.15) is 5.75 Å². The smallest absolute Gasteiger partial charge is 0.263 e. The number of phenols is 1. The molecule has 2 aromatic carbocycles. The van der Waals surface area contributed by atoms with Gasteiger partial charge in [-0.2, -0.15) is 0 Å². The number of alkyl halides is 3. The van der Waals surface area contributed by atoms with Gasteiger partial charge in [0.15, 0.2) is 6.30 Å². The maximum atomic E-state index is 14.8. The van der Waals surface area contributed by atoms with E-state index in [1.54, 1.807) is 34.1 Å². The molecule has 0 radical (unpaired) electrons. The number of likely N-dealkylation sites (tertiary alicyclic amines) is 1. The van der Waals surface area contributed by atoms with Crippen LogP contribution in [0.5, 0.6) is 5.75 Å². The Morgan fingerprint density at radius 3 is 2.33 bits per heavy atom. The highest BCUT2D eigenvalue weighted by Crippen LogP contribution is 2.27. The minimum absolute atomic E-state index is 0.0372. The number of hydrogen-bond acceptors (Lipinski definition) is 4. The third-order valence-corrected chi connectivity index (χ3v) is 5.85. The van der Waals surface area contributed by atoms with Gasteiger partial charge in [-0.05, 0) is 36.2 Å². The molecular formula is C22H24F3N3O2. The first-order valence-electron chi connectivity index (χ1n) is 10.0. The van der Waals surface area contributed by atoms with Crippen molar-refractivity contribution in [3.63, 3.8) is 0 Å². The topological polar surface area (TPSA) is 47.0 Å². The predicted octanol–water partition coefficient (Wildman–Crippen LogP) is 3.55. The monoisotopic (exact) mass is 419 g/mol. The van der Waals surface area contributed by atoms with Crippen molar-refractivity contribution < 1.29 is 23.1 Å². The van der Waals surface area contributed by atoms with Gasteiger partial charge < -0.3 is 14.9 Å². The van der Waals surface area contributed by atoms with E-state index in [1.807, 2.05) is 4.90 Å². The zero-order chi connectivity index (χ0) is 21.3. The van der Waals surface area contributed by atoms with Crippen LogP contribution >= 0.6 is 0 Å². The summed E-state index contributed by atoms with van der Waals surface area (Å²) in [4.78, 5) is 18.1. The molecule has 0 aromatic heterocycles. The minimum atomic E-state index is -2.51. The van der Waals surface area contributed by atoms with Crippen molar-refractivity contribution in [3.8, 4) is 5.75 Å². The number of amides is 1. The van der Waals surface area contributed by atoms with Crippen molar-refractivity contribution in [1.29, 1.82) is 0 Å². The first kappa shape index (κ1) is 20.5. The summed E-state index contributed by atoms with van der Waals surface area (Å²) in [6.07, 6.45) is -3.13. The second-order valence-electron chi connectivity index (χ2n) is 7.75. The average Bonchev–Trinajstić information content (AvgIpc) is 3.09. The molecule has 5 nitrogen and oxygen atoms in total. The molecule has 2 fully saturated rings. The summed E-state index contributed by atoms with van der Waals surface area (Å²) in [6, 6.07) is 12.1. The molecule has 1 amide bonds. The number of rotatable bonds is 5. The number of phenolic OH excluding ortho intramolecular Hbond substituents is 1. The molecule has 30 heavy (non-hydrogen) atoms. The standard InChI is InChI=1S/C22H24F3N3O2/c23-20-14-26(11-12-28(20)17-5-7-18(29)8-6-17)19-9-10-27(22(19)30)13-15-1-3-16(4-2-15)21(24)25/h1-8,19-21,29H,9-14H2/t19-,20+/m1/s1. The Balaban J connectivity index is 1.35. The van der Waals surface area contributed by atoms with Crippen LogP contribution in [-0.2, 0) is 11.3 Å². The molecule has 4 rings (SSSR count). The molecule has 0 unspecified atom stereocenters. The lowest BCUT2D eigenvalue weighted by atomic mass is 10.1. The quantitative estimate of drug-likeness (QED) is 0.753. The fourth-order valence-corrected chi connectivity index (χ4v) is 4.18. The third kappa shape index (κ3) is 4.23. The third-order valence-electron chi connectivity index (χ3n) is 5.85. The van der Waals surface area contributed by atoms with E-state index in [9.17, 15) is 23.1 Å². The molecule has 0 spiro atoms. The highest BCUT2D eigenvalue weighted by atomic mass is 19.3. The Bertz CT molecular complexity index is 876. The molecule has 0 bridgehead atoms. The Morgan fingerprint density at radius 1 is 1.00 bits per heavy atom. The fourth-order valence-electron chi connectivity index (χ4n) is 4.18. The van der Waals surface area contributed by atoms with Crippen molar-refractivity contribution in [2.45, 2.75) is 31.7 Å². The zero-order valence-corrected chi connectivity index (χ0v) is 16.4. The van der Waals surface area contributed by atoms with Gasteiger partial charge >= 0.3 is 0 Å². The van der Waals surface area contributed by atoms with E-state index in [0.717, 1.165) is 5.56 Å². The lowest BCUT2D eigenvalue weighted by molar-refractivity contribution is -0.133. The SMILES string of the molecule is O=C1[C@H](N2CCN(c3ccc(O)cc3)[C@H](F)C2)CCN1Cc1ccc(C(F)F)cc1. The lowest BCUT2D eigenvalue weighted by Crippen LogP contribution is -2.56. The number of benzene rings is 2. The van der Waals surface area contributed by atoms with Crippen molar-refractivity contribution in [1.82, 2.24) is 9.80 Å². The van der Waals surface area contributed by atoms with E-state index in [2.05, 4.69) is 0 Å². The molecule has 160 valence electrons. The number of piperazine rings is 1. The van der Waals surface area contributed by atoms with Gasteiger partial charge in [-0.25, -0.2) is 13.2 Å². The Kier molecular flexibility index (Phi) is 5.85. The number of nitrogens with zero attached hydrogens (tertiary/aromatic N) is 3. The normalized spacial score (nSPS) is 22.9. The first-order valence-corrected chi connectivity index (χ1v) is 10.0. The van der Waals surface area contributed by atoms with Gasteiger partial charge in [-0.15, -0.1) is 0 Å². The molecule has 2 heterocycles. The van der Waals surface area contributed by atoms with Crippen LogP contribution in [0.3, 0.4) is 0 Å². The van der Waals surface area contributed by atoms with E-state index >= 15 is 0 Å². The largest absolute Gasteiger partial charge is 0.508 e. The Hall–Kier alpha value is -2.74. The van der Waals surface area contributed by atoms with Crippen LogP contribution in [0, 0.1) is 0 Å². The van der Waals surface area contributed by atoms with Crippen LogP contribution < -0.4 is 4.90 Å². The number of hydrogen-bond donors (Lipinski definition) is 1. The van der Waals surface area contributed by atoms with Gasteiger partial charge in [-0.1, -0.05) is 24.3 Å². The highest BCUT2D eigenvalue weighted by Gasteiger charge is 2.39. The van der Waals surface area contributed by atoms with Crippen LogP contribution in [0.2, 0.25) is 0 Å². The molecule has 2 aliphatic rings. The highest BCUT2D eigenvalue weighted by molar-refractivity contribution is 5.84. The summed E-state index contributed by atoms with van der Waals surface area (Å²) in [5, 5.41) is 9.41. The second kappa shape index (κ2) is 8.55. The van der Waals surface area contributed by atoms with Crippen LogP contribution in [0.25, 0.3) is 0 Å². The summed E-state index contributed by atoms with van der Waals surface area (Å²) >= 11 is 0. The van der Waals surface area contributed by atoms with Crippen molar-refractivity contribution in [2.75, 3.05) is 31.1 Å². The van der Waals surface area contributed by atoms with Gasteiger partial charge in [0.2, 0.25) is 5.91 Å². The van der Waals surface area contributed by atoms with Crippen LogP contribution in [0.1, 0.15) is 24.0 Å². The van der Waals surface area contributed by atoms with E-state index < -0.39 is 12.7 Å². The van der Waals surface area contributed by atoms with E-state index in [0.29, 0.717) is 38.3 Å². The van der Waals surface area contributed by atoms with Crippen molar-refractivity contribution in [2.24, 2.45) is 0 Å². The number of carbonyl (C=O) groups excluding carboxylic acids is 1. The Labute approximate surface area is 173 Å². The van der Waals surface area contributed by atoms with Gasteiger partial charge in [0.25, 0.3) is 6.43 Å². The number of halogens is 3. The second-order valence-corrected chi connectivity index (χ2v) is 7.75. The number of anilines is 1. The molecule has 2 aromatic rings. The predicted molar refractivity (Wildman–Crippen MR) is 107 cm³/mol. The summed E-state index contributed by atoms with van der Waals surface area (Å²) in [5.41, 5.74) is 1.46. The first-order chi connectivity index (χ1) is 14.4. The van der Waals surface area contributed by atoms with Gasteiger partial charge in [0, 0.05) is 44.0 Å². The lowest BCUT2D eigenvalue weighted by Gasteiger charge is -2.40. The minimum Gasteiger partial charge on any atom is -0.508 e. The maximum Gasteiger partial charge on any atom is 0.263 e. The number of aromatic hydroxyl groups is 1. The summed E-state index contributed by atoms with van der Waals surface area (Å²) in [6.45, 7) is 2.08.